The van der Waals surface area contributed by atoms with E-state index in [-0.39, 0.29) is 17.4 Å². The Morgan fingerprint density at radius 1 is 0.816 bits per heavy atom. The molecule has 3 amide bonds. The highest BCUT2D eigenvalue weighted by atomic mass is 32.2. The lowest BCUT2D eigenvalue weighted by molar-refractivity contribution is -0.114. The zero-order chi connectivity index (χ0) is 26.7. The SMILES string of the molecule is O=C(CSc1cccc(NC(=O)/C(=C/c2ccc(F)cc2)NC(=O)c2ccccc2)c1)Nc1ccncc1. The molecule has 1 aromatic heterocycles. The molecule has 0 aliphatic rings. The van der Waals surface area contributed by atoms with Crippen LogP contribution in [-0.2, 0) is 9.59 Å². The molecule has 0 aliphatic carbocycles. The second kappa shape index (κ2) is 13.0. The van der Waals surface area contributed by atoms with E-state index in [2.05, 4.69) is 20.9 Å². The number of carbonyl (C=O) groups excluding carboxylic acids is 3. The van der Waals surface area contributed by atoms with Crippen LogP contribution in [0.15, 0.2) is 114 Å². The third kappa shape index (κ3) is 7.87. The monoisotopic (exact) mass is 526 g/mol. The average molecular weight is 527 g/mol. The summed E-state index contributed by atoms with van der Waals surface area (Å²) in [5.41, 5.74) is 2.04. The summed E-state index contributed by atoms with van der Waals surface area (Å²) in [5.74, 6) is -1.44. The number of anilines is 2. The summed E-state index contributed by atoms with van der Waals surface area (Å²) in [4.78, 5) is 42.9. The van der Waals surface area contributed by atoms with Crippen molar-refractivity contribution >= 4 is 46.9 Å². The number of pyridine rings is 1. The molecule has 190 valence electrons. The highest BCUT2D eigenvalue weighted by Gasteiger charge is 2.15. The van der Waals surface area contributed by atoms with E-state index < -0.39 is 17.6 Å². The van der Waals surface area contributed by atoms with Crippen LogP contribution in [0, 0.1) is 5.82 Å². The number of thioether (sulfide) groups is 1. The van der Waals surface area contributed by atoms with Gasteiger partial charge in [-0.2, -0.15) is 0 Å². The quantitative estimate of drug-likeness (QED) is 0.201. The van der Waals surface area contributed by atoms with Gasteiger partial charge in [0.15, 0.2) is 0 Å². The van der Waals surface area contributed by atoms with Crippen molar-refractivity contribution in [1.29, 1.82) is 0 Å². The van der Waals surface area contributed by atoms with E-state index in [0.29, 0.717) is 22.5 Å². The molecular formula is C29H23FN4O3S. The molecule has 0 aliphatic heterocycles. The minimum Gasteiger partial charge on any atom is -0.325 e. The van der Waals surface area contributed by atoms with E-state index in [1.54, 1.807) is 73.1 Å². The first-order valence-electron chi connectivity index (χ1n) is 11.5. The van der Waals surface area contributed by atoms with Crippen LogP contribution >= 0.6 is 11.8 Å². The number of nitrogens with zero attached hydrogens (tertiary/aromatic N) is 1. The number of nitrogens with one attached hydrogen (secondary N) is 3. The largest absolute Gasteiger partial charge is 0.325 e. The van der Waals surface area contributed by atoms with Crippen molar-refractivity contribution in [3.8, 4) is 0 Å². The first-order chi connectivity index (χ1) is 18.5. The van der Waals surface area contributed by atoms with Gasteiger partial charge in [-0.15, -0.1) is 11.8 Å². The van der Waals surface area contributed by atoms with Gasteiger partial charge < -0.3 is 16.0 Å². The van der Waals surface area contributed by atoms with E-state index in [1.165, 1.54) is 42.1 Å². The summed E-state index contributed by atoms with van der Waals surface area (Å²) < 4.78 is 13.4. The van der Waals surface area contributed by atoms with Crippen molar-refractivity contribution in [2.75, 3.05) is 16.4 Å². The van der Waals surface area contributed by atoms with Gasteiger partial charge in [-0.25, -0.2) is 4.39 Å². The maximum atomic E-state index is 13.4. The molecule has 4 aromatic rings. The van der Waals surface area contributed by atoms with Crippen molar-refractivity contribution in [3.05, 3.63) is 126 Å². The van der Waals surface area contributed by atoms with Gasteiger partial charge in [0, 0.05) is 34.2 Å². The summed E-state index contributed by atoms with van der Waals surface area (Å²) in [6, 6.07) is 24.5. The normalized spacial score (nSPS) is 10.9. The molecule has 3 aromatic carbocycles. The molecule has 38 heavy (non-hydrogen) atoms. The molecule has 0 saturated carbocycles. The summed E-state index contributed by atoms with van der Waals surface area (Å²) in [7, 11) is 0. The number of hydrogen-bond acceptors (Lipinski definition) is 5. The Hall–Kier alpha value is -4.76. The van der Waals surface area contributed by atoms with Crippen molar-refractivity contribution in [3.63, 3.8) is 0 Å². The number of hydrogen-bond donors (Lipinski definition) is 3. The number of carbonyl (C=O) groups is 3. The Labute approximate surface area is 223 Å². The van der Waals surface area contributed by atoms with Gasteiger partial charge in [0.1, 0.15) is 11.5 Å². The van der Waals surface area contributed by atoms with Crippen molar-refractivity contribution in [2.45, 2.75) is 4.90 Å². The van der Waals surface area contributed by atoms with Crippen LogP contribution in [0.3, 0.4) is 0 Å². The number of amides is 3. The molecular weight excluding hydrogens is 503 g/mol. The predicted molar refractivity (Wildman–Crippen MR) is 147 cm³/mol. The average Bonchev–Trinajstić information content (AvgIpc) is 2.94. The first kappa shape index (κ1) is 26.3. The molecule has 1 heterocycles. The molecule has 0 bridgehead atoms. The Morgan fingerprint density at radius 3 is 2.29 bits per heavy atom. The van der Waals surface area contributed by atoms with Gasteiger partial charge in [0.25, 0.3) is 11.8 Å². The van der Waals surface area contributed by atoms with Crippen molar-refractivity contribution in [2.24, 2.45) is 0 Å². The summed E-state index contributed by atoms with van der Waals surface area (Å²) in [5, 5.41) is 8.22. The van der Waals surface area contributed by atoms with Gasteiger partial charge in [-0.1, -0.05) is 36.4 Å². The minimum atomic E-state index is -0.559. The van der Waals surface area contributed by atoms with Crippen LogP contribution in [0.25, 0.3) is 6.08 Å². The Kier molecular flexibility index (Phi) is 8.98. The summed E-state index contributed by atoms with van der Waals surface area (Å²) in [6.07, 6.45) is 4.66. The molecule has 0 radical (unpaired) electrons. The maximum Gasteiger partial charge on any atom is 0.272 e. The zero-order valence-electron chi connectivity index (χ0n) is 20.1. The number of halogens is 1. The lowest BCUT2D eigenvalue weighted by Crippen LogP contribution is -2.30. The molecule has 0 unspecified atom stereocenters. The molecule has 0 spiro atoms. The van der Waals surface area contributed by atoms with Crippen LogP contribution in [0.4, 0.5) is 15.8 Å². The van der Waals surface area contributed by atoms with Crippen molar-refractivity contribution < 1.29 is 18.8 Å². The number of benzene rings is 3. The second-order valence-corrected chi connectivity index (χ2v) is 9.03. The van der Waals surface area contributed by atoms with Crippen LogP contribution in [-0.4, -0.2) is 28.5 Å². The molecule has 9 heteroatoms. The van der Waals surface area contributed by atoms with E-state index >= 15 is 0 Å². The lowest BCUT2D eigenvalue weighted by atomic mass is 10.1. The number of aromatic nitrogens is 1. The standard InChI is InChI=1S/C29H23FN4O3S/c30-22-11-9-20(10-12-22)17-26(34-28(36)21-5-2-1-3-6-21)29(37)33-24-7-4-8-25(18-24)38-19-27(35)32-23-13-15-31-16-14-23/h1-18H,19H2,(H,33,37)(H,34,36)(H,31,32,35)/b26-17-. The third-order valence-electron chi connectivity index (χ3n) is 5.14. The van der Waals surface area contributed by atoms with E-state index in [9.17, 15) is 18.8 Å². The fourth-order valence-corrected chi connectivity index (χ4v) is 4.07. The molecule has 0 saturated heterocycles. The lowest BCUT2D eigenvalue weighted by Gasteiger charge is -2.12. The van der Waals surface area contributed by atoms with Gasteiger partial charge in [0.05, 0.1) is 5.75 Å². The van der Waals surface area contributed by atoms with Crippen LogP contribution in [0.1, 0.15) is 15.9 Å². The van der Waals surface area contributed by atoms with Gasteiger partial charge >= 0.3 is 0 Å². The zero-order valence-corrected chi connectivity index (χ0v) is 20.9. The molecule has 4 rings (SSSR count). The fraction of sp³-hybridized carbons (Fsp3) is 0.0345. The van der Waals surface area contributed by atoms with Gasteiger partial charge in [-0.05, 0) is 66.2 Å². The Bertz CT molecular complexity index is 1450. The fourth-order valence-electron chi connectivity index (χ4n) is 3.31. The predicted octanol–water partition coefficient (Wildman–Crippen LogP) is 5.36. The van der Waals surface area contributed by atoms with Crippen LogP contribution < -0.4 is 16.0 Å². The topological polar surface area (TPSA) is 100 Å². The summed E-state index contributed by atoms with van der Waals surface area (Å²) in [6.45, 7) is 0. The Morgan fingerprint density at radius 2 is 1.55 bits per heavy atom. The van der Waals surface area contributed by atoms with Crippen LogP contribution in [0.5, 0.6) is 0 Å². The van der Waals surface area contributed by atoms with Crippen LogP contribution in [0.2, 0.25) is 0 Å². The highest BCUT2D eigenvalue weighted by molar-refractivity contribution is 8.00. The molecule has 7 nitrogen and oxygen atoms in total. The van der Waals surface area contributed by atoms with Gasteiger partial charge in [0.2, 0.25) is 5.91 Å². The first-order valence-corrected chi connectivity index (χ1v) is 12.5. The molecule has 0 fully saturated rings. The third-order valence-corrected chi connectivity index (χ3v) is 6.13. The smallest absolute Gasteiger partial charge is 0.272 e. The number of rotatable bonds is 9. The van der Waals surface area contributed by atoms with E-state index in [1.807, 2.05) is 6.07 Å². The molecule has 0 atom stereocenters. The maximum absolute atomic E-state index is 13.4. The van der Waals surface area contributed by atoms with Gasteiger partial charge in [-0.3, -0.25) is 19.4 Å². The highest BCUT2D eigenvalue weighted by Crippen LogP contribution is 2.22. The van der Waals surface area contributed by atoms with Crippen molar-refractivity contribution in [1.82, 2.24) is 10.3 Å². The van der Waals surface area contributed by atoms with E-state index in [0.717, 1.165) is 4.90 Å². The Balaban J connectivity index is 1.45. The minimum absolute atomic E-state index is 0.0137. The molecule has 3 N–H and O–H groups in total. The summed E-state index contributed by atoms with van der Waals surface area (Å²) >= 11 is 1.31. The second-order valence-electron chi connectivity index (χ2n) is 7.98. The van der Waals surface area contributed by atoms with E-state index in [4.69, 9.17) is 0 Å².